The molecule has 1 heterocycles. The van der Waals surface area contributed by atoms with Crippen molar-refractivity contribution in [1.29, 1.82) is 0 Å². The van der Waals surface area contributed by atoms with Gasteiger partial charge in [-0.25, -0.2) is 0 Å². The normalized spacial score (nSPS) is 24.4. The summed E-state index contributed by atoms with van der Waals surface area (Å²) in [5, 5.41) is 8.47. The average Bonchev–Trinajstić information content (AvgIpc) is 3.61. The lowest BCUT2D eigenvalue weighted by Gasteiger charge is -2.31. The molecular weight excluding hydrogens is 624 g/mol. The highest BCUT2D eigenvalue weighted by atomic mass is 16.6. The molecule has 0 aromatic heterocycles. The van der Waals surface area contributed by atoms with Crippen LogP contribution in [0.15, 0.2) is 0 Å². The van der Waals surface area contributed by atoms with Crippen LogP contribution in [0.5, 0.6) is 0 Å². The van der Waals surface area contributed by atoms with Crippen molar-refractivity contribution in [3.8, 4) is 0 Å². The summed E-state index contributed by atoms with van der Waals surface area (Å²) >= 11 is 0. The summed E-state index contributed by atoms with van der Waals surface area (Å²) in [4.78, 5) is 69.1. The van der Waals surface area contributed by atoms with Gasteiger partial charge in [0.05, 0.1) is 42.1 Å². The van der Waals surface area contributed by atoms with Gasteiger partial charge in [-0.15, -0.1) is 0 Å². The van der Waals surface area contributed by atoms with Crippen LogP contribution in [-0.4, -0.2) is 71.9 Å². The molecule has 12 nitrogen and oxygen atoms in total. The average molecular weight is 685 g/mol. The molecule has 276 valence electrons. The highest BCUT2D eigenvalue weighted by Gasteiger charge is 2.63. The quantitative estimate of drug-likeness (QED) is 0.187. The Balaban J connectivity index is 0.000000387. The van der Waals surface area contributed by atoms with Gasteiger partial charge in [0.1, 0.15) is 23.9 Å². The Bertz CT molecular complexity index is 1170. The molecule has 2 bridgehead atoms. The van der Waals surface area contributed by atoms with Gasteiger partial charge in [-0.05, 0) is 94.4 Å². The van der Waals surface area contributed by atoms with Gasteiger partial charge in [0, 0.05) is 11.8 Å². The molecule has 7 unspecified atom stereocenters. The number of aliphatic carboxylic acids is 1. The van der Waals surface area contributed by atoms with Crippen molar-refractivity contribution in [2.45, 2.75) is 152 Å². The zero-order valence-electron chi connectivity index (χ0n) is 31.4. The Hall–Kier alpha value is -3.18. The number of carbonyl (C=O) groups is 6. The Morgan fingerprint density at radius 2 is 1.40 bits per heavy atom. The molecule has 3 rings (SSSR count). The number of esters is 5. The second kappa shape index (κ2) is 17.0. The van der Waals surface area contributed by atoms with E-state index in [1.807, 2.05) is 55.4 Å². The number of fused-ring (bicyclic) bond motifs is 1. The molecule has 7 atom stereocenters. The van der Waals surface area contributed by atoms with E-state index >= 15 is 0 Å². The van der Waals surface area contributed by atoms with Crippen LogP contribution in [-0.2, 0) is 52.5 Å². The second-order valence-electron chi connectivity index (χ2n) is 15.7. The van der Waals surface area contributed by atoms with Crippen molar-refractivity contribution in [1.82, 2.24) is 0 Å². The predicted molar refractivity (Wildman–Crippen MR) is 176 cm³/mol. The van der Waals surface area contributed by atoms with E-state index in [2.05, 4.69) is 4.74 Å². The number of carboxylic acids is 1. The standard InChI is InChI=1S/C16H22O6.C10H18O4.C10H20O2/c1-4-16(2,7-11(17)20-3)15(19)22-12-8-5-9-10(6-8)14(18)21-13(9)12;1-5-10(3,4)9(13)14-7(2)6-8(11)12;1-7-10(5,6)8(11)12-9(2,3)4/h8-10,12-13H,4-7H2,1-3H3;7H,5-6H2,1-4H3,(H,11,12);7H2,1-6H3. The van der Waals surface area contributed by atoms with Crippen molar-refractivity contribution >= 4 is 35.8 Å². The third kappa shape index (κ3) is 11.8. The van der Waals surface area contributed by atoms with E-state index in [1.54, 1.807) is 27.7 Å². The number of carbonyl (C=O) groups excluding carboxylic acids is 5. The van der Waals surface area contributed by atoms with E-state index < -0.39 is 34.8 Å². The van der Waals surface area contributed by atoms with Gasteiger partial charge in [0.2, 0.25) is 0 Å². The molecule has 0 aromatic carbocycles. The summed E-state index contributed by atoms with van der Waals surface area (Å²) < 4.78 is 26.0. The molecule has 0 spiro atoms. The fourth-order valence-electron chi connectivity index (χ4n) is 5.40. The molecule has 1 aliphatic heterocycles. The smallest absolute Gasteiger partial charge is 0.312 e. The molecule has 0 aromatic rings. The molecule has 0 radical (unpaired) electrons. The van der Waals surface area contributed by atoms with E-state index in [9.17, 15) is 28.8 Å². The first-order valence-corrected chi connectivity index (χ1v) is 17.0. The maximum Gasteiger partial charge on any atom is 0.312 e. The van der Waals surface area contributed by atoms with Crippen LogP contribution < -0.4 is 0 Å². The molecule has 3 fully saturated rings. The Morgan fingerprint density at radius 1 is 0.854 bits per heavy atom. The van der Waals surface area contributed by atoms with Crippen LogP contribution >= 0.6 is 0 Å². The zero-order chi connectivity index (χ0) is 37.4. The van der Waals surface area contributed by atoms with Crippen molar-refractivity contribution in [2.24, 2.45) is 34.0 Å². The van der Waals surface area contributed by atoms with Crippen molar-refractivity contribution in [3.05, 3.63) is 0 Å². The van der Waals surface area contributed by atoms with Crippen LogP contribution in [0.3, 0.4) is 0 Å². The van der Waals surface area contributed by atoms with Gasteiger partial charge < -0.3 is 28.8 Å². The molecule has 48 heavy (non-hydrogen) atoms. The first-order chi connectivity index (χ1) is 21.9. The maximum atomic E-state index is 12.6. The third-order valence-corrected chi connectivity index (χ3v) is 9.73. The van der Waals surface area contributed by atoms with Crippen molar-refractivity contribution in [2.75, 3.05) is 7.11 Å². The summed E-state index contributed by atoms with van der Waals surface area (Å²) in [5.74, 6) is -2.00. The lowest BCUT2D eigenvalue weighted by Crippen LogP contribution is -2.41. The molecule has 12 heteroatoms. The summed E-state index contributed by atoms with van der Waals surface area (Å²) in [5.41, 5.74) is -2.17. The SMILES string of the molecule is CCC(C)(C)C(=O)OC(C)(C)C.CCC(C)(C)C(=O)OC(C)CC(=O)O.CCC(C)(CC(=O)OC)C(=O)OC1C2CC3C(=O)OC1C3C2. The van der Waals surface area contributed by atoms with Crippen LogP contribution in [0.4, 0.5) is 0 Å². The minimum absolute atomic E-state index is 0.00224. The molecule has 3 aliphatic rings. The number of ether oxygens (including phenoxy) is 5. The summed E-state index contributed by atoms with van der Waals surface area (Å²) in [6, 6.07) is 0. The molecule has 1 saturated heterocycles. The number of methoxy groups -OCH3 is 1. The first-order valence-electron chi connectivity index (χ1n) is 17.0. The van der Waals surface area contributed by atoms with Gasteiger partial charge in [0.15, 0.2) is 0 Å². The Kier molecular flexibility index (Phi) is 15.1. The molecule has 2 saturated carbocycles. The van der Waals surface area contributed by atoms with Gasteiger partial charge in [-0.3, -0.25) is 28.8 Å². The molecule has 0 amide bonds. The number of hydrogen-bond acceptors (Lipinski definition) is 11. The number of carboxylic acid groups (broad SMARTS) is 1. The Morgan fingerprint density at radius 3 is 1.85 bits per heavy atom. The van der Waals surface area contributed by atoms with E-state index in [0.29, 0.717) is 12.8 Å². The number of hydrogen-bond donors (Lipinski definition) is 1. The fraction of sp³-hybridized carbons (Fsp3) is 0.833. The van der Waals surface area contributed by atoms with E-state index in [0.717, 1.165) is 19.3 Å². The maximum absolute atomic E-state index is 12.6. The topological polar surface area (TPSA) is 169 Å². The second-order valence-corrected chi connectivity index (χ2v) is 15.7. The van der Waals surface area contributed by atoms with Crippen LogP contribution in [0.2, 0.25) is 0 Å². The van der Waals surface area contributed by atoms with Crippen molar-refractivity contribution < 1.29 is 57.6 Å². The largest absolute Gasteiger partial charge is 0.481 e. The predicted octanol–water partition coefficient (Wildman–Crippen LogP) is 6.05. The monoisotopic (exact) mass is 684 g/mol. The zero-order valence-corrected chi connectivity index (χ0v) is 31.4. The lowest BCUT2D eigenvalue weighted by molar-refractivity contribution is -0.174. The first kappa shape index (κ1) is 42.8. The van der Waals surface area contributed by atoms with Crippen LogP contribution in [0.25, 0.3) is 0 Å². The number of rotatable bonds is 12. The molecular formula is C36H60O12. The highest BCUT2D eigenvalue weighted by molar-refractivity contribution is 5.83. The van der Waals surface area contributed by atoms with E-state index in [4.69, 9.17) is 24.1 Å². The summed E-state index contributed by atoms with van der Waals surface area (Å²) in [6.07, 6.45) is 2.23. The van der Waals surface area contributed by atoms with Crippen LogP contribution in [0.1, 0.15) is 128 Å². The summed E-state index contributed by atoms with van der Waals surface area (Å²) in [7, 11) is 1.30. The van der Waals surface area contributed by atoms with Crippen LogP contribution in [0, 0.1) is 34.0 Å². The summed E-state index contributed by atoms with van der Waals surface area (Å²) in [6.45, 7) is 22.0. The lowest BCUT2D eigenvalue weighted by atomic mass is 9.83. The molecule has 2 aliphatic carbocycles. The van der Waals surface area contributed by atoms with Gasteiger partial charge in [0.25, 0.3) is 0 Å². The fourth-order valence-corrected chi connectivity index (χ4v) is 5.40. The highest BCUT2D eigenvalue weighted by Crippen LogP contribution is 2.55. The van der Waals surface area contributed by atoms with Crippen molar-refractivity contribution in [3.63, 3.8) is 0 Å². The van der Waals surface area contributed by atoms with E-state index in [1.165, 1.54) is 7.11 Å². The van der Waals surface area contributed by atoms with Gasteiger partial charge in [-0.1, -0.05) is 20.8 Å². The Labute approximate surface area is 286 Å². The van der Waals surface area contributed by atoms with Gasteiger partial charge in [-0.2, -0.15) is 0 Å². The van der Waals surface area contributed by atoms with Gasteiger partial charge >= 0.3 is 35.8 Å². The molecule has 1 N–H and O–H groups in total. The van der Waals surface area contributed by atoms with E-state index in [-0.39, 0.29) is 71.7 Å². The minimum Gasteiger partial charge on any atom is -0.481 e. The third-order valence-electron chi connectivity index (χ3n) is 9.73. The minimum atomic E-state index is -0.959.